The number of quaternary nitrogens is 1. The molecule has 0 spiro atoms. The first-order chi connectivity index (χ1) is 37.9. The third-order valence-electron chi connectivity index (χ3n) is 14.1. The highest BCUT2D eigenvalue weighted by atomic mass is 31.2. The van der Waals surface area contributed by atoms with E-state index in [4.69, 9.17) is 13.8 Å². The lowest BCUT2D eigenvalue weighted by Crippen LogP contribution is -2.47. The Morgan fingerprint density at radius 1 is 0.462 bits per heavy atom. The number of nitrogens with zero attached hydrogens (tertiary/aromatic N) is 1. The lowest BCUT2D eigenvalue weighted by Gasteiger charge is -2.27. The number of carbonyl (C=O) groups excluding carboxylic acids is 2. The number of unbranched alkanes of at least 4 members (excludes halogenated alkanes) is 30. The van der Waals surface area contributed by atoms with E-state index >= 15 is 0 Å². The molecule has 2 N–H and O–H groups in total. The number of allylic oxidation sites excluding steroid dienone is 13. The Hall–Kier alpha value is -2.81. The summed E-state index contributed by atoms with van der Waals surface area (Å²) in [5, 5.41) is 3.04. The van der Waals surface area contributed by atoms with Gasteiger partial charge in [-0.3, -0.25) is 18.6 Å². The summed E-state index contributed by atoms with van der Waals surface area (Å²) in [6, 6.07) is -0.863. The van der Waals surface area contributed by atoms with E-state index in [1.54, 1.807) is 0 Å². The zero-order valence-corrected chi connectivity index (χ0v) is 52.5. The number of phosphoric acid groups is 1. The predicted molar refractivity (Wildman–Crippen MR) is 337 cm³/mol. The van der Waals surface area contributed by atoms with Gasteiger partial charge in [0.1, 0.15) is 19.3 Å². The third kappa shape index (κ3) is 57.9. The van der Waals surface area contributed by atoms with Gasteiger partial charge in [-0.2, -0.15) is 0 Å². The quantitative estimate of drug-likeness (QED) is 0.0205. The molecule has 78 heavy (non-hydrogen) atoms. The highest BCUT2D eigenvalue weighted by molar-refractivity contribution is 7.47. The van der Waals surface area contributed by atoms with Crippen molar-refractivity contribution in [1.82, 2.24) is 5.32 Å². The van der Waals surface area contributed by atoms with Crippen LogP contribution in [0.4, 0.5) is 0 Å². The van der Waals surface area contributed by atoms with Gasteiger partial charge >= 0.3 is 13.8 Å². The summed E-state index contributed by atoms with van der Waals surface area (Å²) >= 11 is 0. The minimum atomic E-state index is -4.46. The minimum absolute atomic E-state index is 0.0330. The van der Waals surface area contributed by atoms with Gasteiger partial charge in [-0.1, -0.05) is 254 Å². The van der Waals surface area contributed by atoms with Crippen LogP contribution in [0.15, 0.2) is 85.1 Å². The van der Waals surface area contributed by atoms with Gasteiger partial charge in [-0.05, 0) is 102 Å². The molecule has 0 saturated carbocycles. The summed E-state index contributed by atoms with van der Waals surface area (Å²) < 4.78 is 30.7. The highest BCUT2D eigenvalue weighted by Gasteiger charge is 2.30. The number of carbonyl (C=O) groups is 2. The van der Waals surface area contributed by atoms with E-state index in [0.717, 1.165) is 103 Å². The van der Waals surface area contributed by atoms with E-state index in [-0.39, 0.29) is 31.5 Å². The van der Waals surface area contributed by atoms with Crippen molar-refractivity contribution in [3.05, 3.63) is 85.1 Å². The number of ether oxygens (including phenoxy) is 1. The summed E-state index contributed by atoms with van der Waals surface area (Å²) in [7, 11) is 1.48. The third-order valence-corrected chi connectivity index (χ3v) is 15.1. The Morgan fingerprint density at radius 3 is 1.26 bits per heavy atom. The fourth-order valence-electron chi connectivity index (χ4n) is 9.08. The average Bonchev–Trinajstić information content (AvgIpc) is 3.40. The molecule has 0 aromatic carbocycles. The molecular formula is C68H124N2O7P+. The molecule has 1 amide bonds. The first-order valence-electron chi connectivity index (χ1n) is 32.4. The standard InChI is InChI=1S/C68H123N2O7P/c1-7-10-13-16-19-22-25-27-29-30-31-32-33-34-35-36-37-38-39-40-41-43-46-49-52-55-58-61-68(72)77-66(59-56-53-50-47-44-24-21-18-15-12-9-3)65(64-76-78(73,74)75-63-62-70(4,5)6)69-67(71)60-57-54-51-48-45-42-28-26-23-20-17-14-11-8-2/h11,14,19-20,22-23,27-29,31-32,42,56,59,65-66H,7-10,12-13,15-18,21,24-26,30,33-41,43-55,57-58,60-64H2,1-6H3,(H-,69,71,73,74)/p+1/b14-11+,22-19-,23-20+,29-27-,32-31-,42-28+,59-56-. The van der Waals surface area contributed by atoms with Crippen LogP contribution in [0.2, 0.25) is 0 Å². The number of rotatable bonds is 58. The average molecular weight is 1110 g/mol. The second kappa shape index (κ2) is 57.4. The van der Waals surface area contributed by atoms with E-state index in [0.29, 0.717) is 17.4 Å². The number of esters is 1. The zero-order chi connectivity index (χ0) is 57.2. The van der Waals surface area contributed by atoms with Crippen molar-refractivity contribution in [2.24, 2.45) is 0 Å². The summed E-state index contributed by atoms with van der Waals surface area (Å²) in [5.74, 6) is -0.531. The Labute approximate surface area is 482 Å². The first kappa shape index (κ1) is 75.2. The van der Waals surface area contributed by atoms with Crippen molar-refractivity contribution in [3.8, 4) is 0 Å². The second-order valence-electron chi connectivity index (χ2n) is 22.9. The van der Waals surface area contributed by atoms with Gasteiger partial charge in [0.2, 0.25) is 5.91 Å². The normalized spacial score (nSPS) is 14.2. The predicted octanol–water partition coefficient (Wildman–Crippen LogP) is 20.2. The van der Waals surface area contributed by atoms with Crippen molar-refractivity contribution in [2.45, 2.75) is 296 Å². The van der Waals surface area contributed by atoms with Crippen LogP contribution in [0, 0.1) is 0 Å². The summed E-state index contributed by atoms with van der Waals surface area (Å²) in [6.45, 7) is 6.85. The number of hydrogen-bond acceptors (Lipinski definition) is 6. The van der Waals surface area contributed by atoms with Crippen molar-refractivity contribution in [3.63, 3.8) is 0 Å². The molecule has 0 heterocycles. The second-order valence-corrected chi connectivity index (χ2v) is 24.4. The van der Waals surface area contributed by atoms with Gasteiger partial charge in [-0.25, -0.2) is 4.57 Å². The molecule has 0 aliphatic rings. The Morgan fingerprint density at radius 2 is 0.821 bits per heavy atom. The van der Waals surface area contributed by atoms with Crippen LogP contribution in [0.1, 0.15) is 284 Å². The van der Waals surface area contributed by atoms with Crippen LogP contribution in [-0.2, 0) is 27.9 Å². The van der Waals surface area contributed by atoms with Gasteiger partial charge in [-0.15, -0.1) is 0 Å². The van der Waals surface area contributed by atoms with Crippen molar-refractivity contribution < 1.29 is 37.3 Å². The summed E-state index contributed by atoms with van der Waals surface area (Å²) in [4.78, 5) is 37.7. The fourth-order valence-corrected chi connectivity index (χ4v) is 9.82. The Bertz CT molecular complexity index is 1610. The molecule has 0 aromatic rings. The lowest BCUT2D eigenvalue weighted by molar-refractivity contribution is -0.870. The van der Waals surface area contributed by atoms with E-state index in [1.807, 2.05) is 33.3 Å². The monoisotopic (exact) mass is 1110 g/mol. The largest absolute Gasteiger partial charge is 0.472 e. The molecule has 3 unspecified atom stereocenters. The van der Waals surface area contributed by atoms with Crippen LogP contribution in [-0.4, -0.2) is 74.3 Å². The van der Waals surface area contributed by atoms with Crippen molar-refractivity contribution in [1.29, 1.82) is 0 Å². The number of hydrogen-bond donors (Lipinski definition) is 2. The van der Waals surface area contributed by atoms with E-state index < -0.39 is 20.0 Å². The SMILES string of the molecule is CC/C=C/C/C=C/C/C=C/CCCCCCC(=O)NC(COP(=O)(O)OCC[N+](C)(C)C)C(/C=C\CCCCCCCCCCC)OC(=O)CCCCCCCCCCCCCCCC/C=C\C/C=C\C/C=C\CCCCC. The molecule has 0 radical (unpaired) electrons. The maximum absolute atomic E-state index is 13.5. The van der Waals surface area contributed by atoms with Gasteiger partial charge in [0.15, 0.2) is 0 Å². The molecule has 3 atom stereocenters. The number of amides is 1. The smallest absolute Gasteiger partial charge is 0.456 e. The number of likely N-dealkylation sites (N-methyl/N-ethyl adjacent to an activating group) is 1. The lowest BCUT2D eigenvalue weighted by atomic mass is 10.0. The van der Waals surface area contributed by atoms with Gasteiger partial charge in [0, 0.05) is 12.8 Å². The van der Waals surface area contributed by atoms with E-state index in [1.165, 1.54) is 148 Å². The maximum atomic E-state index is 13.5. The highest BCUT2D eigenvalue weighted by Crippen LogP contribution is 2.43. The Kier molecular flexibility index (Phi) is 55.4. The van der Waals surface area contributed by atoms with Crippen LogP contribution in [0.5, 0.6) is 0 Å². The molecule has 0 fully saturated rings. The van der Waals surface area contributed by atoms with E-state index in [9.17, 15) is 19.0 Å². The van der Waals surface area contributed by atoms with E-state index in [2.05, 4.69) is 99.0 Å². The molecular weight excluding hydrogens is 988 g/mol. The zero-order valence-electron chi connectivity index (χ0n) is 51.6. The van der Waals surface area contributed by atoms with Gasteiger partial charge in [0.25, 0.3) is 0 Å². The fraction of sp³-hybridized carbons (Fsp3) is 0.765. The molecule has 452 valence electrons. The van der Waals surface area contributed by atoms with Crippen LogP contribution in [0.3, 0.4) is 0 Å². The van der Waals surface area contributed by atoms with Crippen LogP contribution >= 0.6 is 7.82 Å². The minimum Gasteiger partial charge on any atom is -0.456 e. The molecule has 0 aliphatic heterocycles. The molecule has 0 saturated heterocycles. The first-order valence-corrected chi connectivity index (χ1v) is 33.9. The Balaban J connectivity index is 5.03. The van der Waals surface area contributed by atoms with Crippen molar-refractivity contribution in [2.75, 3.05) is 40.9 Å². The number of phosphoric ester groups is 1. The summed E-state index contributed by atoms with van der Waals surface area (Å²) in [5.41, 5.74) is 0. The molecule has 10 heteroatoms. The van der Waals surface area contributed by atoms with Crippen molar-refractivity contribution >= 4 is 19.7 Å². The molecule has 0 aliphatic carbocycles. The van der Waals surface area contributed by atoms with Gasteiger partial charge < -0.3 is 19.4 Å². The maximum Gasteiger partial charge on any atom is 0.472 e. The van der Waals surface area contributed by atoms with Gasteiger partial charge in [0.05, 0.1) is 33.8 Å². The van der Waals surface area contributed by atoms with Crippen LogP contribution < -0.4 is 5.32 Å². The molecule has 0 bridgehead atoms. The van der Waals surface area contributed by atoms with Crippen LogP contribution in [0.25, 0.3) is 0 Å². The number of nitrogens with one attached hydrogen (secondary N) is 1. The summed E-state index contributed by atoms with van der Waals surface area (Å²) in [6.07, 6.45) is 76.0. The molecule has 0 rings (SSSR count). The topological polar surface area (TPSA) is 111 Å². The molecule has 9 nitrogen and oxygen atoms in total. The molecule has 0 aromatic heterocycles.